The summed E-state index contributed by atoms with van der Waals surface area (Å²) in [5.41, 5.74) is 6.69. The van der Waals surface area contributed by atoms with Crippen LogP contribution in [0.3, 0.4) is 0 Å². The van der Waals surface area contributed by atoms with Gasteiger partial charge in [0.1, 0.15) is 0 Å². The molecule has 0 radical (unpaired) electrons. The quantitative estimate of drug-likeness (QED) is 0.851. The lowest BCUT2D eigenvalue weighted by Gasteiger charge is -2.32. The van der Waals surface area contributed by atoms with Gasteiger partial charge in [-0.05, 0) is 43.0 Å². The van der Waals surface area contributed by atoms with Crippen LogP contribution in [0, 0.1) is 5.92 Å². The Bertz CT molecular complexity index is 490. The minimum absolute atomic E-state index is 0.139. The third kappa shape index (κ3) is 3.03. The van der Waals surface area contributed by atoms with E-state index in [0.29, 0.717) is 16.9 Å². The molecule has 1 fully saturated rings. The number of anilines is 1. The van der Waals surface area contributed by atoms with Gasteiger partial charge < -0.3 is 11.1 Å². The van der Waals surface area contributed by atoms with Gasteiger partial charge in [-0.3, -0.25) is 0 Å². The van der Waals surface area contributed by atoms with E-state index < -0.39 is 9.84 Å². The Balaban J connectivity index is 1.92. The van der Waals surface area contributed by atoms with Crippen LogP contribution in [0.4, 0.5) is 5.69 Å². The van der Waals surface area contributed by atoms with E-state index in [1.807, 2.05) is 12.1 Å². The van der Waals surface area contributed by atoms with Crippen molar-refractivity contribution in [1.29, 1.82) is 0 Å². The average Bonchev–Trinajstić information content (AvgIpc) is 2.34. The van der Waals surface area contributed by atoms with Crippen LogP contribution in [0.2, 0.25) is 0 Å². The Morgan fingerprint density at radius 1 is 1.28 bits per heavy atom. The van der Waals surface area contributed by atoms with Crippen molar-refractivity contribution >= 4 is 15.5 Å². The van der Waals surface area contributed by atoms with Gasteiger partial charge in [-0.2, -0.15) is 0 Å². The molecule has 1 aromatic rings. The number of hydrogen-bond acceptors (Lipinski definition) is 4. The second-order valence-electron chi connectivity index (χ2n) is 4.91. The zero-order valence-corrected chi connectivity index (χ0v) is 11.4. The Hall–Kier alpha value is -1.07. The molecule has 0 spiro atoms. The second-order valence-corrected chi connectivity index (χ2v) is 7.18. The van der Waals surface area contributed by atoms with Gasteiger partial charge in [0.2, 0.25) is 0 Å². The lowest BCUT2D eigenvalue weighted by molar-refractivity contribution is 0.280. The first-order valence-electron chi connectivity index (χ1n) is 6.33. The molecule has 0 amide bonds. The summed E-state index contributed by atoms with van der Waals surface area (Å²) in [6.07, 6.45) is 2.16. The molecule has 0 saturated heterocycles. The molecule has 0 atom stereocenters. The smallest absolute Gasteiger partial charge is 0.178 e. The van der Waals surface area contributed by atoms with Crippen molar-refractivity contribution < 1.29 is 8.42 Å². The van der Waals surface area contributed by atoms with Crippen molar-refractivity contribution in [1.82, 2.24) is 0 Å². The molecule has 0 aliphatic heterocycles. The maximum Gasteiger partial charge on any atom is 0.178 e. The van der Waals surface area contributed by atoms with Crippen molar-refractivity contribution in [2.75, 3.05) is 17.6 Å². The number of nitrogens with one attached hydrogen (secondary N) is 1. The van der Waals surface area contributed by atoms with E-state index in [1.165, 1.54) is 0 Å². The maximum atomic E-state index is 11.6. The molecule has 18 heavy (non-hydrogen) atoms. The van der Waals surface area contributed by atoms with E-state index in [9.17, 15) is 8.42 Å². The maximum absolute atomic E-state index is 11.6. The second kappa shape index (κ2) is 5.28. The standard InChI is InChI=1S/C13H20N2O2S/c1-2-18(16,17)13-5-3-12(4-6-13)15-9-10-7-11(14)8-10/h3-6,10-11,15H,2,7-9,14H2,1H3. The van der Waals surface area contributed by atoms with E-state index in [0.717, 1.165) is 25.1 Å². The summed E-state index contributed by atoms with van der Waals surface area (Å²) in [5, 5.41) is 3.31. The van der Waals surface area contributed by atoms with Crippen molar-refractivity contribution in [2.24, 2.45) is 11.7 Å². The van der Waals surface area contributed by atoms with Crippen molar-refractivity contribution in [3.8, 4) is 0 Å². The van der Waals surface area contributed by atoms with Gasteiger partial charge in [0.15, 0.2) is 9.84 Å². The predicted molar refractivity (Wildman–Crippen MR) is 73.4 cm³/mol. The summed E-state index contributed by atoms with van der Waals surface area (Å²) < 4.78 is 23.3. The number of hydrogen-bond donors (Lipinski definition) is 2. The van der Waals surface area contributed by atoms with Crippen LogP contribution in [0.25, 0.3) is 0 Å². The largest absolute Gasteiger partial charge is 0.385 e. The Labute approximate surface area is 108 Å². The zero-order chi connectivity index (χ0) is 13.2. The van der Waals surface area contributed by atoms with Crippen molar-refractivity contribution in [2.45, 2.75) is 30.7 Å². The normalized spacial score (nSPS) is 23.4. The Kier molecular flexibility index (Phi) is 3.92. The SMILES string of the molecule is CCS(=O)(=O)c1ccc(NCC2CC(N)C2)cc1. The molecule has 100 valence electrons. The highest BCUT2D eigenvalue weighted by Gasteiger charge is 2.25. The van der Waals surface area contributed by atoms with Crippen LogP contribution in [0.1, 0.15) is 19.8 Å². The first-order chi connectivity index (χ1) is 8.51. The predicted octanol–water partition coefficient (Wildman–Crippen LogP) is 1.63. The van der Waals surface area contributed by atoms with Gasteiger partial charge in [-0.1, -0.05) is 6.92 Å². The van der Waals surface area contributed by atoms with Crippen molar-refractivity contribution in [3.05, 3.63) is 24.3 Å². The van der Waals surface area contributed by atoms with Crippen LogP contribution < -0.4 is 11.1 Å². The minimum Gasteiger partial charge on any atom is -0.385 e. The van der Waals surface area contributed by atoms with Crippen LogP contribution in [0.5, 0.6) is 0 Å². The van der Waals surface area contributed by atoms with Gasteiger partial charge in [0, 0.05) is 18.3 Å². The molecule has 0 bridgehead atoms. The lowest BCUT2D eigenvalue weighted by Crippen LogP contribution is -2.39. The topological polar surface area (TPSA) is 72.2 Å². The van der Waals surface area contributed by atoms with E-state index >= 15 is 0 Å². The first kappa shape index (κ1) is 13.4. The van der Waals surface area contributed by atoms with Gasteiger partial charge >= 0.3 is 0 Å². The van der Waals surface area contributed by atoms with Crippen LogP contribution in [-0.4, -0.2) is 26.8 Å². The third-order valence-corrected chi connectivity index (χ3v) is 5.21. The number of nitrogens with two attached hydrogens (primary N) is 1. The zero-order valence-electron chi connectivity index (χ0n) is 10.6. The lowest BCUT2D eigenvalue weighted by atomic mass is 9.81. The van der Waals surface area contributed by atoms with Gasteiger partial charge in [-0.15, -0.1) is 0 Å². The third-order valence-electron chi connectivity index (χ3n) is 3.46. The number of sulfone groups is 1. The Morgan fingerprint density at radius 2 is 1.89 bits per heavy atom. The molecular formula is C13H20N2O2S. The fraction of sp³-hybridized carbons (Fsp3) is 0.538. The summed E-state index contributed by atoms with van der Waals surface area (Å²) >= 11 is 0. The molecule has 0 heterocycles. The van der Waals surface area contributed by atoms with Crippen LogP contribution in [-0.2, 0) is 9.84 Å². The Morgan fingerprint density at radius 3 is 2.39 bits per heavy atom. The molecule has 1 aliphatic carbocycles. The van der Waals surface area contributed by atoms with Gasteiger partial charge in [0.25, 0.3) is 0 Å². The summed E-state index contributed by atoms with van der Waals surface area (Å²) in [6, 6.07) is 7.33. The van der Waals surface area contributed by atoms with E-state index in [2.05, 4.69) is 5.32 Å². The molecule has 2 rings (SSSR count). The highest BCUT2D eigenvalue weighted by atomic mass is 32.2. The van der Waals surface area contributed by atoms with E-state index in [1.54, 1.807) is 19.1 Å². The molecule has 1 saturated carbocycles. The molecular weight excluding hydrogens is 248 g/mol. The molecule has 1 aliphatic rings. The number of rotatable bonds is 5. The van der Waals surface area contributed by atoms with Gasteiger partial charge in [0.05, 0.1) is 10.6 Å². The molecule has 0 aromatic heterocycles. The summed E-state index contributed by atoms with van der Waals surface area (Å²) in [5.74, 6) is 0.791. The minimum atomic E-state index is -3.09. The van der Waals surface area contributed by atoms with Crippen molar-refractivity contribution in [3.63, 3.8) is 0 Å². The molecule has 1 aromatic carbocycles. The fourth-order valence-electron chi connectivity index (χ4n) is 2.16. The fourth-order valence-corrected chi connectivity index (χ4v) is 3.05. The molecule has 3 N–H and O–H groups in total. The highest BCUT2D eigenvalue weighted by molar-refractivity contribution is 7.91. The van der Waals surface area contributed by atoms with E-state index in [-0.39, 0.29) is 5.75 Å². The number of benzene rings is 1. The summed E-state index contributed by atoms with van der Waals surface area (Å²) in [4.78, 5) is 0.390. The van der Waals surface area contributed by atoms with Crippen LogP contribution in [0.15, 0.2) is 29.2 Å². The van der Waals surface area contributed by atoms with E-state index in [4.69, 9.17) is 5.73 Å². The molecule has 5 heteroatoms. The summed E-state index contributed by atoms with van der Waals surface area (Å²) in [7, 11) is -3.09. The highest BCUT2D eigenvalue weighted by Crippen LogP contribution is 2.26. The molecule has 0 unspecified atom stereocenters. The summed E-state index contributed by atoms with van der Waals surface area (Å²) in [6.45, 7) is 2.56. The van der Waals surface area contributed by atoms with Crippen LogP contribution >= 0.6 is 0 Å². The average molecular weight is 268 g/mol. The first-order valence-corrected chi connectivity index (χ1v) is 7.99. The monoisotopic (exact) mass is 268 g/mol. The van der Waals surface area contributed by atoms with Gasteiger partial charge in [-0.25, -0.2) is 8.42 Å². The molecule has 4 nitrogen and oxygen atoms in total.